The quantitative estimate of drug-likeness (QED) is 0.580. The summed E-state index contributed by atoms with van der Waals surface area (Å²) in [4.78, 5) is 14.5. The summed E-state index contributed by atoms with van der Waals surface area (Å²) in [5, 5.41) is 0.987. The average molecular weight is 204 g/mol. The summed E-state index contributed by atoms with van der Waals surface area (Å²) >= 11 is 0. The van der Waals surface area contributed by atoms with Gasteiger partial charge in [0.15, 0.2) is 0 Å². The Hall–Kier alpha value is -1.97. The standard InChI is InChI=1S/C11H12N2O2/c1-2-15-11(14)8-6-10-7(3-4-13-10)5-9(8)12/h3-6,13H,2,12H2,1H3. The van der Waals surface area contributed by atoms with Gasteiger partial charge in [-0.05, 0) is 25.1 Å². The lowest BCUT2D eigenvalue weighted by Gasteiger charge is -2.05. The van der Waals surface area contributed by atoms with E-state index in [-0.39, 0.29) is 5.97 Å². The van der Waals surface area contributed by atoms with Crippen LogP contribution in [-0.4, -0.2) is 17.6 Å². The van der Waals surface area contributed by atoms with E-state index < -0.39 is 0 Å². The van der Waals surface area contributed by atoms with Gasteiger partial charge in [-0.1, -0.05) is 0 Å². The third-order valence-corrected chi connectivity index (χ3v) is 2.22. The molecule has 0 fully saturated rings. The SMILES string of the molecule is CCOC(=O)c1cc2[nH]ccc2cc1N. The lowest BCUT2D eigenvalue weighted by Crippen LogP contribution is -2.07. The fraction of sp³-hybridized carbons (Fsp3) is 0.182. The maximum Gasteiger partial charge on any atom is 0.340 e. The third-order valence-electron chi connectivity index (χ3n) is 2.22. The van der Waals surface area contributed by atoms with E-state index in [9.17, 15) is 4.79 Å². The van der Waals surface area contributed by atoms with E-state index in [4.69, 9.17) is 10.5 Å². The second kappa shape index (κ2) is 3.65. The van der Waals surface area contributed by atoms with Gasteiger partial charge in [0.05, 0.1) is 12.2 Å². The summed E-state index contributed by atoms with van der Waals surface area (Å²) in [6.45, 7) is 2.11. The van der Waals surface area contributed by atoms with Gasteiger partial charge in [-0.3, -0.25) is 0 Å². The van der Waals surface area contributed by atoms with Crippen LogP contribution in [0.4, 0.5) is 5.69 Å². The minimum absolute atomic E-state index is 0.348. The van der Waals surface area contributed by atoms with Crippen LogP contribution in [0.1, 0.15) is 17.3 Å². The number of aromatic amines is 1. The van der Waals surface area contributed by atoms with E-state index in [1.165, 1.54) is 0 Å². The molecule has 1 aromatic heterocycles. The molecule has 0 unspecified atom stereocenters. The number of anilines is 1. The van der Waals surface area contributed by atoms with Crippen LogP contribution < -0.4 is 5.73 Å². The van der Waals surface area contributed by atoms with Crippen molar-refractivity contribution >= 4 is 22.6 Å². The fourth-order valence-corrected chi connectivity index (χ4v) is 1.50. The lowest BCUT2D eigenvalue weighted by molar-refractivity contribution is 0.0528. The number of benzene rings is 1. The first kappa shape index (κ1) is 9.58. The van der Waals surface area contributed by atoms with Crippen molar-refractivity contribution < 1.29 is 9.53 Å². The van der Waals surface area contributed by atoms with Gasteiger partial charge in [-0.15, -0.1) is 0 Å². The fourth-order valence-electron chi connectivity index (χ4n) is 1.50. The molecular weight excluding hydrogens is 192 g/mol. The summed E-state index contributed by atoms with van der Waals surface area (Å²) < 4.78 is 4.90. The van der Waals surface area contributed by atoms with E-state index in [0.29, 0.717) is 17.9 Å². The second-order valence-electron chi connectivity index (χ2n) is 3.22. The van der Waals surface area contributed by atoms with Crippen LogP contribution in [0, 0.1) is 0 Å². The molecule has 0 saturated heterocycles. The van der Waals surface area contributed by atoms with E-state index in [1.54, 1.807) is 25.3 Å². The number of nitrogens with two attached hydrogens (primary N) is 1. The molecule has 1 aromatic carbocycles. The molecule has 0 aliphatic rings. The number of hydrogen-bond acceptors (Lipinski definition) is 3. The zero-order valence-corrected chi connectivity index (χ0v) is 8.41. The Morgan fingerprint density at radius 3 is 3.07 bits per heavy atom. The highest BCUT2D eigenvalue weighted by Crippen LogP contribution is 2.21. The molecule has 0 radical (unpaired) electrons. The molecule has 0 bridgehead atoms. The van der Waals surface area contributed by atoms with Crippen molar-refractivity contribution in [3.05, 3.63) is 30.0 Å². The van der Waals surface area contributed by atoms with Gasteiger partial charge in [-0.2, -0.15) is 0 Å². The van der Waals surface area contributed by atoms with E-state index in [1.807, 2.05) is 6.07 Å². The minimum atomic E-state index is -0.383. The number of nitrogen functional groups attached to an aromatic ring is 1. The molecule has 0 saturated carbocycles. The molecule has 3 N–H and O–H groups in total. The van der Waals surface area contributed by atoms with Crippen LogP contribution in [0.3, 0.4) is 0 Å². The normalized spacial score (nSPS) is 10.5. The van der Waals surface area contributed by atoms with Crippen molar-refractivity contribution in [2.24, 2.45) is 0 Å². The first-order chi connectivity index (χ1) is 7.22. The highest BCUT2D eigenvalue weighted by atomic mass is 16.5. The molecular formula is C11H12N2O2. The summed E-state index contributed by atoms with van der Waals surface area (Å²) in [5.74, 6) is -0.383. The molecule has 4 nitrogen and oxygen atoms in total. The number of nitrogens with one attached hydrogen (secondary N) is 1. The van der Waals surface area contributed by atoms with E-state index in [0.717, 1.165) is 10.9 Å². The predicted octanol–water partition coefficient (Wildman–Crippen LogP) is 1.93. The average Bonchev–Trinajstić information content (AvgIpc) is 2.63. The smallest absolute Gasteiger partial charge is 0.340 e. The number of carbonyl (C=O) groups excluding carboxylic acids is 1. The highest BCUT2D eigenvalue weighted by molar-refractivity contribution is 6.00. The number of ether oxygens (including phenoxy) is 1. The van der Waals surface area contributed by atoms with Crippen molar-refractivity contribution in [2.45, 2.75) is 6.92 Å². The summed E-state index contributed by atoms with van der Waals surface area (Å²) in [5.41, 5.74) is 7.50. The summed E-state index contributed by atoms with van der Waals surface area (Å²) in [7, 11) is 0. The summed E-state index contributed by atoms with van der Waals surface area (Å²) in [6.07, 6.45) is 1.80. The molecule has 2 aromatic rings. The molecule has 15 heavy (non-hydrogen) atoms. The Kier molecular flexibility index (Phi) is 2.33. The highest BCUT2D eigenvalue weighted by Gasteiger charge is 2.11. The number of aromatic nitrogens is 1. The number of rotatable bonds is 2. The number of fused-ring (bicyclic) bond motifs is 1. The topological polar surface area (TPSA) is 68.1 Å². The number of carbonyl (C=O) groups is 1. The Morgan fingerprint density at radius 1 is 1.53 bits per heavy atom. The molecule has 78 valence electrons. The summed E-state index contributed by atoms with van der Waals surface area (Å²) in [6, 6.07) is 5.38. The maximum absolute atomic E-state index is 11.5. The van der Waals surface area contributed by atoms with Crippen LogP contribution >= 0.6 is 0 Å². The lowest BCUT2D eigenvalue weighted by atomic mass is 10.1. The number of H-pyrrole nitrogens is 1. The van der Waals surface area contributed by atoms with Crippen LogP contribution in [0.2, 0.25) is 0 Å². The Bertz CT molecular complexity index is 502. The van der Waals surface area contributed by atoms with Gasteiger partial charge < -0.3 is 15.5 Å². The van der Waals surface area contributed by atoms with E-state index in [2.05, 4.69) is 4.98 Å². The Morgan fingerprint density at radius 2 is 2.33 bits per heavy atom. The minimum Gasteiger partial charge on any atom is -0.462 e. The zero-order valence-electron chi connectivity index (χ0n) is 8.41. The van der Waals surface area contributed by atoms with Gasteiger partial charge in [0, 0.05) is 22.8 Å². The molecule has 0 atom stereocenters. The molecule has 2 rings (SSSR count). The molecule has 0 aliphatic heterocycles. The molecule has 1 heterocycles. The van der Waals surface area contributed by atoms with E-state index >= 15 is 0 Å². The molecule has 0 spiro atoms. The Balaban J connectivity index is 2.50. The van der Waals surface area contributed by atoms with Crippen molar-refractivity contribution in [3.63, 3.8) is 0 Å². The monoisotopic (exact) mass is 204 g/mol. The molecule has 0 amide bonds. The second-order valence-corrected chi connectivity index (χ2v) is 3.22. The van der Waals surface area contributed by atoms with Gasteiger partial charge in [0.25, 0.3) is 0 Å². The number of hydrogen-bond donors (Lipinski definition) is 2. The Labute approximate surface area is 87.0 Å². The van der Waals surface area contributed by atoms with Gasteiger partial charge in [0.2, 0.25) is 0 Å². The first-order valence-electron chi connectivity index (χ1n) is 4.76. The van der Waals surface area contributed by atoms with Crippen LogP contribution in [0.15, 0.2) is 24.4 Å². The van der Waals surface area contributed by atoms with Crippen molar-refractivity contribution in [1.29, 1.82) is 0 Å². The van der Waals surface area contributed by atoms with Crippen LogP contribution in [0.5, 0.6) is 0 Å². The van der Waals surface area contributed by atoms with Crippen molar-refractivity contribution in [2.75, 3.05) is 12.3 Å². The largest absolute Gasteiger partial charge is 0.462 e. The van der Waals surface area contributed by atoms with Gasteiger partial charge >= 0.3 is 5.97 Å². The zero-order chi connectivity index (χ0) is 10.8. The van der Waals surface area contributed by atoms with Crippen LogP contribution in [0.25, 0.3) is 10.9 Å². The molecule has 4 heteroatoms. The van der Waals surface area contributed by atoms with Crippen molar-refractivity contribution in [3.8, 4) is 0 Å². The van der Waals surface area contributed by atoms with Crippen molar-refractivity contribution in [1.82, 2.24) is 4.98 Å². The predicted molar refractivity (Wildman–Crippen MR) is 58.7 cm³/mol. The van der Waals surface area contributed by atoms with Gasteiger partial charge in [0.1, 0.15) is 0 Å². The maximum atomic E-state index is 11.5. The third kappa shape index (κ3) is 1.66. The van der Waals surface area contributed by atoms with Crippen LogP contribution in [-0.2, 0) is 4.74 Å². The number of esters is 1. The van der Waals surface area contributed by atoms with Gasteiger partial charge in [-0.25, -0.2) is 4.79 Å². The molecule has 0 aliphatic carbocycles. The first-order valence-corrected chi connectivity index (χ1v) is 4.76.